The molecule has 65 heavy (non-hydrogen) atoms. The predicted molar refractivity (Wildman–Crippen MR) is 261 cm³/mol. The van der Waals surface area contributed by atoms with Crippen LogP contribution in [0.15, 0.2) is 97.1 Å². The first kappa shape index (κ1) is 54.0. The molecule has 0 saturated heterocycles. The average molecular weight is 912 g/mol. The van der Waals surface area contributed by atoms with Crippen LogP contribution < -0.4 is 21.9 Å². The summed E-state index contributed by atoms with van der Waals surface area (Å²) < 4.78 is 123. The van der Waals surface area contributed by atoms with Gasteiger partial charge in [0.1, 0.15) is 30.8 Å². The van der Waals surface area contributed by atoms with Crippen molar-refractivity contribution < 1.29 is 35.1 Å². The van der Waals surface area contributed by atoms with Crippen molar-refractivity contribution in [1.82, 2.24) is 0 Å². The SMILES string of the molecule is CCC(F)CCCC(F)Cc1ccccc1[B-](c1ccccc1CC(F)CCCC(F)CC)(c1ccccc1CC(F)CCCC(F)CC)c1ccccc1CC(F)CCCC(F)CC. The van der Waals surface area contributed by atoms with Gasteiger partial charge in [-0.1, -0.05) is 147 Å². The molecular weight excluding hydrogens is 835 g/mol. The quantitative estimate of drug-likeness (QED) is 0.0338. The van der Waals surface area contributed by atoms with Crippen LogP contribution in [0, 0.1) is 0 Å². The third-order valence-electron chi connectivity index (χ3n) is 13.8. The summed E-state index contributed by atoms with van der Waals surface area (Å²) in [6, 6.07) is 30.5. The molecule has 0 radical (unpaired) electrons. The Morgan fingerprint density at radius 3 is 0.677 bits per heavy atom. The van der Waals surface area contributed by atoms with E-state index in [1.807, 2.05) is 97.1 Å². The Morgan fingerprint density at radius 2 is 0.477 bits per heavy atom. The second-order valence-corrected chi connectivity index (χ2v) is 18.6. The van der Waals surface area contributed by atoms with Crippen molar-refractivity contribution in [1.29, 1.82) is 0 Å². The summed E-state index contributed by atoms with van der Waals surface area (Å²) in [5.74, 6) is 0. The number of benzene rings is 4. The molecule has 0 aromatic heterocycles. The molecule has 0 spiro atoms. The number of halogens is 8. The van der Waals surface area contributed by atoms with Crippen molar-refractivity contribution in [2.75, 3.05) is 0 Å². The first-order valence-electron chi connectivity index (χ1n) is 25.0. The molecule has 0 amide bonds. The van der Waals surface area contributed by atoms with Gasteiger partial charge >= 0.3 is 0 Å². The normalized spacial score (nSPS) is 16.6. The molecule has 0 bridgehead atoms. The fourth-order valence-electron chi connectivity index (χ4n) is 10.00. The van der Waals surface area contributed by atoms with E-state index in [4.69, 9.17) is 0 Å². The van der Waals surface area contributed by atoms with Crippen LogP contribution in [0.2, 0.25) is 0 Å². The minimum atomic E-state index is -2.50. The maximum atomic E-state index is 16.4. The Balaban J connectivity index is 2.04. The van der Waals surface area contributed by atoms with Crippen LogP contribution >= 0.6 is 0 Å². The van der Waals surface area contributed by atoms with Gasteiger partial charge in [-0.3, -0.25) is 0 Å². The van der Waals surface area contributed by atoms with E-state index in [1.165, 1.54) is 0 Å². The highest BCUT2D eigenvalue weighted by Crippen LogP contribution is 2.25. The van der Waals surface area contributed by atoms with Gasteiger partial charge in [-0.25, -0.2) is 35.1 Å². The molecule has 9 heteroatoms. The van der Waals surface area contributed by atoms with Crippen LogP contribution in [0.25, 0.3) is 0 Å². The molecule has 4 rings (SSSR count). The van der Waals surface area contributed by atoms with Gasteiger partial charge in [-0.05, 0) is 103 Å². The van der Waals surface area contributed by atoms with Crippen molar-refractivity contribution in [2.24, 2.45) is 0 Å². The van der Waals surface area contributed by atoms with E-state index >= 15 is 17.6 Å². The predicted octanol–water partition coefficient (Wildman–Crippen LogP) is 14.3. The van der Waals surface area contributed by atoms with Gasteiger partial charge in [0.25, 0.3) is 0 Å². The molecule has 8 atom stereocenters. The van der Waals surface area contributed by atoms with Crippen molar-refractivity contribution >= 4 is 28.0 Å². The van der Waals surface area contributed by atoms with Gasteiger partial charge in [0.2, 0.25) is 0 Å². The molecule has 0 N–H and O–H groups in total. The number of hydrogen-bond acceptors (Lipinski definition) is 0. The number of rotatable bonds is 32. The fourth-order valence-corrected chi connectivity index (χ4v) is 10.00. The number of hydrogen-bond donors (Lipinski definition) is 0. The molecule has 8 unspecified atom stereocenters. The molecule has 4 aromatic carbocycles. The van der Waals surface area contributed by atoms with E-state index < -0.39 is 55.5 Å². The number of alkyl halides is 8. The van der Waals surface area contributed by atoms with Gasteiger partial charge in [-0.15, -0.1) is 0 Å². The van der Waals surface area contributed by atoms with Crippen molar-refractivity contribution in [2.45, 2.75) is 205 Å². The highest BCUT2D eigenvalue weighted by atomic mass is 19.2. The van der Waals surface area contributed by atoms with Crippen LogP contribution in [0.1, 0.15) is 153 Å². The summed E-state index contributed by atoms with van der Waals surface area (Å²) in [7, 11) is 0. The summed E-state index contributed by atoms with van der Waals surface area (Å²) in [6.07, 6.45) is -7.15. The Hall–Kier alpha value is -3.62. The smallest absolute Gasteiger partial charge is 0.109 e. The summed E-state index contributed by atoms with van der Waals surface area (Å²) in [5.41, 5.74) is 5.73. The lowest BCUT2D eigenvalue weighted by molar-refractivity contribution is 0.263. The molecule has 0 aliphatic carbocycles. The fraction of sp³-hybridized carbons (Fsp3) is 0.571. The first-order chi connectivity index (χ1) is 31.4. The molecular formula is C56H76BF8-. The zero-order valence-corrected chi connectivity index (χ0v) is 39.6. The maximum absolute atomic E-state index is 16.4. The minimum Gasteiger partial charge on any atom is -0.248 e. The molecule has 0 heterocycles. The summed E-state index contributed by atoms with van der Waals surface area (Å²) in [6.45, 7) is 7.09. The van der Waals surface area contributed by atoms with Crippen molar-refractivity contribution in [3.8, 4) is 0 Å². The summed E-state index contributed by atoms with van der Waals surface area (Å²) in [4.78, 5) is 0. The van der Waals surface area contributed by atoms with Gasteiger partial charge in [0.15, 0.2) is 0 Å². The largest absolute Gasteiger partial charge is 0.248 e. The second kappa shape index (κ2) is 28.5. The standard InChI is InChI=1S/C56H76BF8/c1-5-45(58)25-17-29-49(62)37-41-21-9-13-33-53(41)57(54-34-14-10-22-42(54)38-50(63)30-18-26-46(59)6-2,55-35-15-11-23-43(55)39-51(64)31-19-27-47(60)7-3)56-36-16-12-24-44(56)40-52(65)32-20-28-48(61)8-4/h9-16,21-24,33-36,45-52H,5-8,17-20,25-32,37-40H2,1-4H3/q-1. The van der Waals surface area contributed by atoms with E-state index in [0.29, 0.717) is 73.6 Å². The van der Waals surface area contributed by atoms with Crippen molar-refractivity contribution in [3.05, 3.63) is 119 Å². The van der Waals surface area contributed by atoms with Crippen LogP contribution in [0.4, 0.5) is 35.1 Å². The second-order valence-electron chi connectivity index (χ2n) is 18.6. The summed E-state index contributed by atoms with van der Waals surface area (Å²) in [5, 5.41) is 0. The van der Waals surface area contributed by atoms with E-state index in [0.717, 1.165) is 21.9 Å². The lowest BCUT2D eigenvalue weighted by Gasteiger charge is -2.49. The molecule has 0 aliphatic rings. The lowest BCUT2D eigenvalue weighted by atomic mass is 9.11. The Morgan fingerprint density at radius 1 is 0.292 bits per heavy atom. The zero-order chi connectivity index (χ0) is 47.2. The first-order valence-corrected chi connectivity index (χ1v) is 25.0. The van der Waals surface area contributed by atoms with Gasteiger partial charge in [0.05, 0.1) is 24.7 Å². The van der Waals surface area contributed by atoms with E-state index in [-0.39, 0.29) is 77.0 Å². The van der Waals surface area contributed by atoms with E-state index in [2.05, 4.69) is 0 Å². The van der Waals surface area contributed by atoms with Crippen LogP contribution in [-0.4, -0.2) is 55.5 Å². The van der Waals surface area contributed by atoms with Crippen LogP contribution in [0.3, 0.4) is 0 Å². The van der Waals surface area contributed by atoms with Crippen LogP contribution in [0.5, 0.6) is 0 Å². The average Bonchev–Trinajstić information content (AvgIpc) is 3.30. The third-order valence-corrected chi connectivity index (χ3v) is 13.8. The topological polar surface area (TPSA) is 0 Å². The highest BCUT2D eigenvalue weighted by molar-refractivity contribution is 7.20. The zero-order valence-electron chi connectivity index (χ0n) is 39.6. The van der Waals surface area contributed by atoms with Gasteiger partial charge in [0, 0.05) is 25.7 Å². The Labute approximate surface area is 386 Å². The van der Waals surface area contributed by atoms with Crippen LogP contribution in [-0.2, 0) is 25.7 Å². The maximum Gasteiger partial charge on any atom is 0.109 e. The molecule has 0 fully saturated rings. The summed E-state index contributed by atoms with van der Waals surface area (Å²) >= 11 is 0. The minimum absolute atomic E-state index is 0.00391. The van der Waals surface area contributed by atoms with E-state index in [1.54, 1.807) is 27.7 Å². The van der Waals surface area contributed by atoms with Crippen molar-refractivity contribution in [3.63, 3.8) is 0 Å². The lowest BCUT2D eigenvalue weighted by Crippen LogP contribution is -2.77. The molecule has 0 saturated carbocycles. The Kier molecular flexibility index (Phi) is 23.7. The monoisotopic (exact) mass is 912 g/mol. The van der Waals surface area contributed by atoms with Gasteiger partial charge < -0.3 is 0 Å². The molecule has 360 valence electrons. The highest BCUT2D eigenvalue weighted by Gasteiger charge is 2.38. The molecule has 4 aromatic rings. The third kappa shape index (κ3) is 16.3. The van der Waals surface area contributed by atoms with E-state index in [9.17, 15) is 17.6 Å². The molecule has 0 nitrogen and oxygen atoms in total. The van der Waals surface area contributed by atoms with Gasteiger partial charge in [-0.2, -0.15) is 21.9 Å². The Bertz CT molecular complexity index is 1650. The molecule has 0 aliphatic heterocycles.